The van der Waals surface area contributed by atoms with E-state index in [4.69, 9.17) is 0 Å². The standard InChI is InChI=1S/C13H16F3NO2S.ClH/c14-13(15,16)11-3-5-12(6-4-11)20(18,19)9-10-2-1-7-17-8-10;/h3-6,10,17H,1-2,7-9H2;1H. The van der Waals surface area contributed by atoms with Gasteiger partial charge in [-0.3, -0.25) is 0 Å². The third-order valence-corrected chi connectivity index (χ3v) is 5.30. The molecule has 21 heavy (non-hydrogen) atoms. The fraction of sp³-hybridized carbons (Fsp3) is 0.538. The first kappa shape index (κ1) is 18.3. The second kappa shape index (κ2) is 6.98. The third-order valence-electron chi connectivity index (χ3n) is 3.39. The molecule has 1 saturated heterocycles. The molecule has 1 fully saturated rings. The van der Waals surface area contributed by atoms with Crippen LogP contribution in [0.3, 0.4) is 0 Å². The Bertz CT molecular complexity index is 552. The Balaban J connectivity index is 0.00000220. The van der Waals surface area contributed by atoms with Crippen molar-refractivity contribution in [3.8, 4) is 0 Å². The fourth-order valence-corrected chi connectivity index (χ4v) is 3.97. The lowest BCUT2D eigenvalue weighted by molar-refractivity contribution is -0.137. The molecule has 1 aromatic carbocycles. The minimum Gasteiger partial charge on any atom is -0.316 e. The topological polar surface area (TPSA) is 46.2 Å². The summed E-state index contributed by atoms with van der Waals surface area (Å²) < 4.78 is 61.6. The molecule has 0 saturated carbocycles. The summed E-state index contributed by atoms with van der Waals surface area (Å²) in [6, 6.07) is 3.70. The van der Waals surface area contributed by atoms with E-state index >= 15 is 0 Å². The molecule has 0 amide bonds. The molecule has 1 aliphatic rings. The van der Waals surface area contributed by atoms with Crippen LogP contribution in [0, 0.1) is 5.92 Å². The van der Waals surface area contributed by atoms with E-state index in [0.29, 0.717) is 6.54 Å². The van der Waals surface area contributed by atoms with E-state index < -0.39 is 21.6 Å². The molecule has 1 N–H and O–H groups in total. The zero-order valence-corrected chi connectivity index (χ0v) is 12.8. The van der Waals surface area contributed by atoms with Crippen LogP contribution in [0.4, 0.5) is 13.2 Å². The summed E-state index contributed by atoms with van der Waals surface area (Å²) in [6.45, 7) is 1.52. The molecule has 0 bridgehead atoms. The van der Waals surface area contributed by atoms with E-state index in [2.05, 4.69) is 5.32 Å². The third kappa shape index (κ3) is 4.86. The Morgan fingerprint density at radius 3 is 2.29 bits per heavy atom. The average Bonchev–Trinajstić information content (AvgIpc) is 2.38. The van der Waals surface area contributed by atoms with Crippen LogP contribution in [0.1, 0.15) is 18.4 Å². The first-order valence-corrected chi connectivity index (χ1v) is 8.05. The molecule has 0 radical (unpaired) electrons. The van der Waals surface area contributed by atoms with Crippen LogP contribution < -0.4 is 5.32 Å². The molecule has 1 aliphatic heterocycles. The van der Waals surface area contributed by atoms with Gasteiger partial charge < -0.3 is 5.32 Å². The number of hydrogen-bond donors (Lipinski definition) is 1. The summed E-state index contributed by atoms with van der Waals surface area (Å²) in [5.41, 5.74) is -0.837. The molecule has 1 heterocycles. The molecule has 2 rings (SSSR count). The Morgan fingerprint density at radius 2 is 1.81 bits per heavy atom. The van der Waals surface area contributed by atoms with Crippen molar-refractivity contribution in [1.82, 2.24) is 5.32 Å². The maximum Gasteiger partial charge on any atom is 0.416 e. The van der Waals surface area contributed by atoms with Gasteiger partial charge in [-0.15, -0.1) is 12.4 Å². The van der Waals surface area contributed by atoms with Gasteiger partial charge in [-0.05, 0) is 56.1 Å². The summed E-state index contributed by atoms with van der Waals surface area (Å²) in [5, 5.41) is 3.12. The second-order valence-corrected chi connectivity index (χ2v) is 7.05. The highest BCUT2D eigenvalue weighted by Crippen LogP contribution is 2.30. The second-order valence-electron chi connectivity index (χ2n) is 5.02. The van der Waals surface area contributed by atoms with Crippen molar-refractivity contribution in [2.45, 2.75) is 23.9 Å². The molecule has 1 atom stereocenters. The fourth-order valence-electron chi connectivity index (χ4n) is 2.32. The van der Waals surface area contributed by atoms with Crippen LogP contribution >= 0.6 is 12.4 Å². The van der Waals surface area contributed by atoms with E-state index in [-0.39, 0.29) is 29.0 Å². The van der Waals surface area contributed by atoms with Crippen molar-refractivity contribution in [2.24, 2.45) is 5.92 Å². The van der Waals surface area contributed by atoms with Gasteiger partial charge in [0.2, 0.25) is 0 Å². The van der Waals surface area contributed by atoms with Crippen LogP contribution in [0.5, 0.6) is 0 Å². The van der Waals surface area contributed by atoms with Crippen molar-refractivity contribution in [3.63, 3.8) is 0 Å². The highest BCUT2D eigenvalue weighted by molar-refractivity contribution is 7.91. The zero-order chi connectivity index (χ0) is 14.8. The van der Waals surface area contributed by atoms with Crippen molar-refractivity contribution < 1.29 is 21.6 Å². The summed E-state index contributed by atoms with van der Waals surface area (Å²) in [5.74, 6) is 0.00166. The molecule has 1 aromatic rings. The SMILES string of the molecule is Cl.O=S(=O)(CC1CCCNC1)c1ccc(C(F)(F)F)cc1. The van der Waals surface area contributed by atoms with Crippen molar-refractivity contribution in [3.05, 3.63) is 29.8 Å². The number of piperidine rings is 1. The number of halogens is 4. The first-order chi connectivity index (χ1) is 9.29. The van der Waals surface area contributed by atoms with E-state index in [1.165, 1.54) is 0 Å². The molecule has 1 unspecified atom stereocenters. The maximum atomic E-state index is 12.4. The van der Waals surface area contributed by atoms with Gasteiger partial charge in [0.15, 0.2) is 9.84 Å². The van der Waals surface area contributed by atoms with Crippen LogP contribution in [0.2, 0.25) is 0 Å². The maximum absolute atomic E-state index is 12.4. The highest BCUT2D eigenvalue weighted by atomic mass is 35.5. The van der Waals surface area contributed by atoms with Crippen molar-refractivity contribution >= 4 is 22.2 Å². The monoisotopic (exact) mass is 343 g/mol. The van der Waals surface area contributed by atoms with E-state index in [9.17, 15) is 21.6 Å². The normalized spacial score (nSPS) is 19.9. The summed E-state index contributed by atoms with van der Waals surface area (Å²) >= 11 is 0. The number of sulfone groups is 1. The Hall–Kier alpha value is -0.790. The number of benzene rings is 1. The highest BCUT2D eigenvalue weighted by Gasteiger charge is 2.31. The number of nitrogens with one attached hydrogen (secondary N) is 1. The number of hydrogen-bond acceptors (Lipinski definition) is 3. The van der Waals surface area contributed by atoms with Gasteiger partial charge in [-0.2, -0.15) is 13.2 Å². The Kier molecular flexibility index (Phi) is 6.07. The van der Waals surface area contributed by atoms with Crippen LogP contribution in [0.15, 0.2) is 29.2 Å². The smallest absolute Gasteiger partial charge is 0.316 e. The lowest BCUT2D eigenvalue weighted by atomic mass is 10.0. The van der Waals surface area contributed by atoms with Gasteiger partial charge in [0.05, 0.1) is 16.2 Å². The Labute approximate surface area is 128 Å². The summed E-state index contributed by atoms with van der Waals surface area (Å²) in [6.07, 6.45) is -2.70. The predicted molar refractivity (Wildman–Crippen MR) is 76.3 cm³/mol. The molecular weight excluding hydrogens is 327 g/mol. The van der Waals surface area contributed by atoms with Gasteiger partial charge >= 0.3 is 6.18 Å². The van der Waals surface area contributed by atoms with Crippen LogP contribution in [0.25, 0.3) is 0 Å². The molecule has 3 nitrogen and oxygen atoms in total. The quantitative estimate of drug-likeness (QED) is 0.918. The van der Waals surface area contributed by atoms with Gasteiger partial charge in [0.25, 0.3) is 0 Å². The van der Waals surface area contributed by atoms with Gasteiger partial charge in [-0.25, -0.2) is 8.42 Å². The molecule has 0 aliphatic carbocycles. The number of rotatable bonds is 3. The lowest BCUT2D eigenvalue weighted by Crippen LogP contribution is -2.33. The predicted octanol–water partition coefficient (Wildman–Crippen LogP) is 2.90. The van der Waals surface area contributed by atoms with E-state index in [1.54, 1.807) is 0 Å². The molecular formula is C13H17ClF3NO2S. The molecule has 120 valence electrons. The van der Waals surface area contributed by atoms with E-state index in [1.807, 2.05) is 0 Å². The van der Waals surface area contributed by atoms with E-state index in [0.717, 1.165) is 43.7 Å². The molecule has 0 spiro atoms. The van der Waals surface area contributed by atoms with Gasteiger partial charge in [0.1, 0.15) is 0 Å². The minimum absolute atomic E-state index is 0. The van der Waals surface area contributed by atoms with Gasteiger partial charge in [0, 0.05) is 0 Å². The average molecular weight is 344 g/mol. The largest absolute Gasteiger partial charge is 0.416 e. The van der Waals surface area contributed by atoms with Gasteiger partial charge in [-0.1, -0.05) is 0 Å². The van der Waals surface area contributed by atoms with Crippen LogP contribution in [-0.4, -0.2) is 27.3 Å². The summed E-state index contributed by atoms with van der Waals surface area (Å²) in [7, 11) is -3.53. The first-order valence-electron chi connectivity index (χ1n) is 6.40. The van der Waals surface area contributed by atoms with Crippen molar-refractivity contribution in [1.29, 1.82) is 0 Å². The van der Waals surface area contributed by atoms with Crippen molar-refractivity contribution in [2.75, 3.05) is 18.8 Å². The molecule has 8 heteroatoms. The lowest BCUT2D eigenvalue weighted by Gasteiger charge is -2.22. The zero-order valence-electron chi connectivity index (χ0n) is 11.2. The minimum atomic E-state index is -4.45. The van der Waals surface area contributed by atoms with Crippen LogP contribution in [-0.2, 0) is 16.0 Å². The number of alkyl halides is 3. The summed E-state index contributed by atoms with van der Waals surface area (Å²) in [4.78, 5) is -0.0453. The Morgan fingerprint density at radius 1 is 1.19 bits per heavy atom. The molecule has 0 aromatic heterocycles.